The van der Waals surface area contributed by atoms with E-state index >= 15 is 0 Å². The van der Waals surface area contributed by atoms with Gasteiger partial charge < -0.3 is 15.0 Å². The maximum Gasteiger partial charge on any atom is 0.231 e. The molecule has 3 heterocycles. The molecular formula is C15H14N4O2S. The summed E-state index contributed by atoms with van der Waals surface area (Å²) in [5, 5.41) is 5.33. The van der Waals surface area contributed by atoms with Crippen LogP contribution in [0.1, 0.15) is 6.42 Å². The molecule has 0 spiro atoms. The number of benzene rings is 1. The zero-order valence-electron chi connectivity index (χ0n) is 11.7. The summed E-state index contributed by atoms with van der Waals surface area (Å²) in [7, 11) is 0. The number of hydrogen-bond donors (Lipinski definition) is 2. The van der Waals surface area contributed by atoms with E-state index < -0.39 is 0 Å². The van der Waals surface area contributed by atoms with E-state index in [-0.39, 0.29) is 11.8 Å². The maximum absolute atomic E-state index is 12.1. The first-order valence-corrected chi connectivity index (χ1v) is 7.97. The Morgan fingerprint density at radius 3 is 3.09 bits per heavy atom. The van der Waals surface area contributed by atoms with E-state index in [1.807, 2.05) is 29.6 Å². The molecule has 22 heavy (non-hydrogen) atoms. The van der Waals surface area contributed by atoms with Gasteiger partial charge in [0.1, 0.15) is 5.69 Å². The summed E-state index contributed by atoms with van der Waals surface area (Å²) in [5.41, 5.74) is 2.61. The number of fused-ring (bicyclic) bond motifs is 1. The highest BCUT2D eigenvalue weighted by Crippen LogP contribution is 2.25. The van der Waals surface area contributed by atoms with Crippen LogP contribution in [0.2, 0.25) is 0 Å². The van der Waals surface area contributed by atoms with Crippen molar-refractivity contribution in [2.24, 2.45) is 5.92 Å². The largest absolute Gasteiger partial charge is 0.381 e. The lowest BCUT2D eigenvalue weighted by molar-refractivity contribution is -0.119. The van der Waals surface area contributed by atoms with Crippen LogP contribution >= 0.6 is 11.3 Å². The van der Waals surface area contributed by atoms with Crippen LogP contribution in [0, 0.1) is 5.92 Å². The topological polar surface area (TPSA) is 79.9 Å². The molecule has 2 aromatic heterocycles. The Kier molecular flexibility index (Phi) is 3.36. The number of nitrogens with one attached hydrogen (secondary N) is 2. The van der Waals surface area contributed by atoms with E-state index in [0.717, 1.165) is 23.1 Å². The average molecular weight is 314 g/mol. The number of thiazole rings is 1. The number of imidazole rings is 1. The van der Waals surface area contributed by atoms with Crippen molar-refractivity contribution < 1.29 is 9.53 Å². The number of ether oxygens (including phenoxy) is 1. The number of hydrogen-bond acceptors (Lipinski definition) is 5. The quantitative estimate of drug-likeness (QED) is 0.779. The lowest BCUT2D eigenvalue weighted by atomic mass is 10.1. The Labute approximate surface area is 130 Å². The van der Waals surface area contributed by atoms with Gasteiger partial charge in [0, 0.05) is 12.0 Å². The molecule has 7 heteroatoms. The van der Waals surface area contributed by atoms with Crippen LogP contribution in [-0.4, -0.2) is 34.1 Å². The zero-order chi connectivity index (χ0) is 14.9. The van der Waals surface area contributed by atoms with Crippen molar-refractivity contribution in [3.05, 3.63) is 29.6 Å². The number of rotatable bonds is 3. The Balaban J connectivity index is 1.54. The molecule has 1 unspecified atom stereocenters. The molecule has 1 aliphatic heterocycles. The second-order valence-corrected chi connectivity index (χ2v) is 6.05. The fourth-order valence-electron chi connectivity index (χ4n) is 2.46. The highest BCUT2D eigenvalue weighted by atomic mass is 32.1. The summed E-state index contributed by atoms with van der Waals surface area (Å²) in [6.07, 6.45) is 0.771. The van der Waals surface area contributed by atoms with Crippen molar-refractivity contribution in [3.8, 4) is 11.5 Å². The molecule has 112 valence electrons. The Hall–Kier alpha value is -2.25. The lowest BCUT2D eigenvalue weighted by Gasteiger charge is -2.05. The number of nitrogens with zero attached hydrogens (tertiary/aromatic N) is 2. The van der Waals surface area contributed by atoms with Gasteiger partial charge in [0.05, 0.1) is 23.6 Å². The normalized spacial score (nSPS) is 17.9. The SMILES string of the molecule is O=C(Nc1nc(-c2nc3ccccc3[nH]2)cs1)C1CCOC1. The van der Waals surface area contributed by atoms with Gasteiger partial charge in [-0.15, -0.1) is 11.3 Å². The first kappa shape index (κ1) is 13.4. The number of carbonyl (C=O) groups is 1. The lowest BCUT2D eigenvalue weighted by Crippen LogP contribution is -2.22. The van der Waals surface area contributed by atoms with Gasteiger partial charge in [-0.05, 0) is 18.6 Å². The minimum absolute atomic E-state index is 0.0250. The first-order chi connectivity index (χ1) is 10.8. The molecule has 3 aromatic rings. The molecule has 0 radical (unpaired) electrons. The predicted molar refractivity (Wildman–Crippen MR) is 84.8 cm³/mol. The van der Waals surface area contributed by atoms with Crippen molar-refractivity contribution in [1.82, 2.24) is 15.0 Å². The summed E-state index contributed by atoms with van der Waals surface area (Å²) in [4.78, 5) is 24.2. The zero-order valence-corrected chi connectivity index (χ0v) is 12.5. The summed E-state index contributed by atoms with van der Waals surface area (Å²) >= 11 is 1.40. The molecule has 1 aliphatic rings. The van der Waals surface area contributed by atoms with Crippen molar-refractivity contribution in [3.63, 3.8) is 0 Å². The van der Waals surface area contributed by atoms with E-state index in [1.54, 1.807) is 0 Å². The molecule has 0 aliphatic carbocycles. The summed E-state index contributed by atoms with van der Waals surface area (Å²) in [5.74, 6) is 0.615. The van der Waals surface area contributed by atoms with Gasteiger partial charge in [-0.1, -0.05) is 12.1 Å². The molecule has 1 amide bonds. The van der Waals surface area contributed by atoms with Crippen molar-refractivity contribution in [2.75, 3.05) is 18.5 Å². The molecule has 0 bridgehead atoms. The third-order valence-corrected chi connectivity index (χ3v) is 4.42. The smallest absolute Gasteiger partial charge is 0.231 e. The monoisotopic (exact) mass is 314 g/mol. The summed E-state index contributed by atoms with van der Waals surface area (Å²) in [6, 6.07) is 7.83. The molecule has 0 saturated carbocycles. The second kappa shape index (κ2) is 5.51. The number of carbonyl (C=O) groups excluding carboxylic acids is 1. The maximum atomic E-state index is 12.1. The number of anilines is 1. The van der Waals surface area contributed by atoms with Gasteiger partial charge in [-0.3, -0.25) is 4.79 Å². The van der Waals surface area contributed by atoms with E-state index in [4.69, 9.17) is 4.74 Å². The van der Waals surface area contributed by atoms with Gasteiger partial charge in [0.15, 0.2) is 11.0 Å². The number of aromatic nitrogens is 3. The van der Waals surface area contributed by atoms with E-state index in [2.05, 4.69) is 20.3 Å². The number of H-pyrrole nitrogens is 1. The molecule has 1 fully saturated rings. The molecule has 1 atom stereocenters. The fourth-order valence-corrected chi connectivity index (χ4v) is 3.16. The van der Waals surface area contributed by atoms with Crippen LogP contribution in [0.4, 0.5) is 5.13 Å². The van der Waals surface area contributed by atoms with Crippen LogP contribution in [-0.2, 0) is 9.53 Å². The average Bonchev–Trinajstić information content (AvgIpc) is 3.26. The Morgan fingerprint density at radius 1 is 1.36 bits per heavy atom. The standard InChI is InChI=1S/C15H14N4O2S/c20-14(9-5-6-21-7-9)19-15-18-12(8-22-15)13-16-10-3-1-2-4-11(10)17-13/h1-4,8-9H,5-7H2,(H,16,17)(H,18,19,20). The van der Waals surface area contributed by atoms with E-state index in [0.29, 0.717) is 24.2 Å². The van der Waals surface area contributed by atoms with Gasteiger partial charge in [0.2, 0.25) is 5.91 Å². The summed E-state index contributed by atoms with van der Waals surface area (Å²) < 4.78 is 5.23. The first-order valence-electron chi connectivity index (χ1n) is 7.09. The number of para-hydroxylation sites is 2. The van der Waals surface area contributed by atoms with Crippen molar-refractivity contribution in [2.45, 2.75) is 6.42 Å². The fraction of sp³-hybridized carbons (Fsp3) is 0.267. The predicted octanol–water partition coefficient (Wildman–Crippen LogP) is 2.66. The minimum atomic E-state index is -0.0708. The molecule has 2 N–H and O–H groups in total. The van der Waals surface area contributed by atoms with Crippen molar-refractivity contribution >= 4 is 33.4 Å². The highest BCUT2D eigenvalue weighted by molar-refractivity contribution is 7.14. The van der Waals surface area contributed by atoms with Crippen LogP contribution in [0.25, 0.3) is 22.6 Å². The number of amides is 1. The van der Waals surface area contributed by atoms with E-state index in [9.17, 15) is 4.79 Å². The number of aromatic amines is 1. The Morgan fingerprint density at radius 2 is 2.27 bits per heavy atom. The molecular weight excluding hydrogens is 300 g/mol. The van der Waals surface area contributed by atoms with Crippen LogP contribution in [0.5, 0.6) is 0 Å². The van der Waals surface area contributed by atoms with Crippen LogP contribution < -0.4 is 5.32 Å². The third kappa shape index (κ3) is 2.49. The van der Waals surface area contributed by atoms with Gasteiger partial charge >= 0.3 is 0 Å². The Bertz CT molecular complexity index is 787. The summed E-state index contributed by atoms with van der Waals surface area (Å²) in [6.45, 7) is 1.15. The van der Waals surface area contributed by atoms with Crippen LogP contribution in [0.15, 0.2) is 29.6 Å². The molecule has 4 rings (SSSR count). The minimum Gasteiger partial charge on any atom is -0.381 e. The molecule has 6 nitrogen and oxygen atoms in total. The second-order valence-electron chi connectivity index (χ2n) is 5.19. The molecule has 1 saturated heterocycles. The van der Waals surface area contributed by atoms with Crippen LogP contribution in [0.3, 0.4) is 0 Å². The third-order valence-electron chi connectivity index (χ3n) is 3.67. The molecule has 1 aromatic carbocycles. The van der Waals surface area contributed by atoms with Gasteiger partial charge in [-0.2, -0.15) is 0 Å². The van der Waals surface area contributed by atoms with Gasteiger partial charge in [-0.25, -0.2) is 9.97 Å². The van der Waals surface area contributed by atoms with Crippen molar-refractivity contribution in [1.29, 1.82) is 0 Å². The highest BCUT2D eigenvalue weighted by Gasteiger charge is 2.24. The van der Waals surface area contributed by atoms with E-state index in [1.165, 1.54) is 11.3 Å². The van der Waals surface area contributed by atoms with Gasteiger partial charge in [0.25, 0.3) is 0 Å².